The number of nitriles is 1. The summed E-state index contributed by atoms with van der Waals surface area (Å²) in [6.07, 6.45) is 3.12. The number of nitrogens with zero attached hydrogens (tertiary/aromatic N) is 3. The fraction of sp³-hybridized carbons (Fsp3) is 0.250. The summed E-state index contributed by atoms with van der Waals surface area (Å²) in [7, 11) is 0. The molecule has 2 aliphatic heterocycles. The Kier molecular flexibility index (Phi) is 4.55. The SMILES string of the molecule is N#Cc1ccc2c(c1)C(=O)CC1(CCN(C(=O)c3cccc(-c4ccn[nH]4)c3)CC1)O2. The summed E-state index contributed by atoms with van der Waals surface area (Å²) in [5.41, 5.74) is 2.72. The molecule has 0 atom stereocenters. The number of likely N-dealkylation sites (tertiary alicyclic amines) is 1. The molecule has 0 unspecified atom stereocenters. The molecule has 154 valence electrons. The maximum absolute atomic E-state index is 13.1. The maximum atomic E-state index is 13.1. The molecule has 31 heavy (non-hydrogen) atoms. The number of carbonyl (C=O) groups is 2. The van der Waals surface area contributed by atoms with Crippen LogP contribution in [0.2, 0.25) is 0 Å². The van der Waals surface area contributed by atoms with Gasteiger partial charge in [0.1, 0.15) is 11.4 Å². The molecule has 5 rings (SSSR count). The summed E-state index contributed by atoms with van der Waals surface area (Å²) in [5, 5.41) is 16.0. The molecule has 0 saturated carbocycles. The number of H-pyrrole nitrogens is 1. The molecule has 0 aliphatic carbocycles. The van der Waals surface area contributed by atoms with Gasteiger partial charge in [-0.15, -0.1) is 0 Å². The number of rotatable bonds is 2. The average Bonchev–Trinajstić information content (AvgIpc) is 3.34. The van der Waals surface area contributed by atoms with Crippen molar-refractivity contribution in [1.82, 2.24) is 15.1 Å². The van der Waals surface area contributed by atoms with E-state index in [9.17, 15) is 9.59 Å². The van der Waals surface area contributed by atoms with Crippen LogP contribution in [0.4, 0.5) is 0 Å². The Morgan fingerprint density at radius 1 is 1.16 bits per heavy atom. The van der Waals surface area contributed by atoms with E-state index in [1.807, 2.05) is 35.2 Å². The van der Waals surface area contributed by atoms with Gasteiger partial charge < -0.3 is 9.64 Å². The predicted octanol–water partition coefficient (Wildman–Crippen LogP) is 3.59. The molecule has 1 aromatic heterocycles. The molecule has 3 heterocycles. The topological polar surface area (TPSA) is 99.1 Å². The minimum Gasteiger partial charge on any atom is -0.486 e. The summed E-state index contributed by atoms with van der Waals surface area (Å²) in [4.78, 5) is 27.6. The van der Waals surface area contributed by atoms with Crippen molar-refractivity contribution >= 4 is 11.7 Å². The molecule has 1 saturated heterocycles. The molecular formula is C24H20N4O3. The van der Waals surface area contributed by atoms with Gasteiger partial charge >= 0.3 is 0 Å². The molecule has 1 N–H and O–H groups in total. The zero-order valence-corrected chi connectivity index (χ0v) is 16.8. The van der Waals surface area contributed by atoms with Crippen LogP contribution in [-0.4, -0.2) is 45.5 Å². The van der Waals surface area contributed by atoms with E-state index >= 15 is 0 Å². The Morgan fingerprint density at radius 3 is 2.74 bits per heavy atom. The van der Waals surface area contributed by atoms with Crippen LogP contribution in [-0.2, 0) is 0 Å². The Labute approximate surface area is 179 Å². The summed E-state index contributed by atoms with van der Waals surface area (Å²) in [5.74, 6) is 0.491. The summed E-state index contributed by atoms with van der Waals surface area (Å²) >= 11 is 0. The highest BCUT2D eigenvalue weighted by Crippen LogP contribution is 2.39. The highest BCUT2D eigenvalue weighted by atomic mass is 16.5. The highest BCUT2D eigenvalue weighted by molar-refractivity contribution is 6.01. The van der Waals surface area contributed by atoms with E-state index in [1.54, 1.807) is 24.4 Å². The van der Waals surface area contributed by atoms with Crippen LogP contribution in [0.5, 0.6) is 5.75 Å². The van der Waals surface area contributed by atoms with E-state index < -0.39 is 5.60 Å². The number of Topliss-reactive ketones (excluding diaryl/α,β-unsaturated/α-hetero) is 1. The van der Waals surface area contributed by atoms with E-state index in [1.165, 1.54) is 0 Å². The number of piperidine rings is 1. The lowest BCUT2D eigenvalue weighted by Crippen LogP contribution is -2.52. The van der Waals surface area contributed by atoms with Gasteiger partial charge in [0.2, 0.25) is 0 Å². The molecule has 0 radical (unpaired) electrons. The van der Waals surface area contributed by atoms with Crippen molar-refractivity contribution in [3.8, 4) is 23.1 Å². The summed E-state index contributed by atoms with van der Waals surface area (Å²) in [6, 6.07) is 16.4. The number of fused-ring (bicyclic) bond motifs is 1. The normalized spacial score (nSPS) is 17.0. The van der Waals surface area contributed by atoms with Crippen LogP contribution >= 0.6 is 0 Å². The second kappa shape index (κ2) is 7.40. The average molecular weight is 412 g/mol. The third-order valence-electron chi connectivity index (χ3n) is 6.10. The van der Waals surface area contributed by atoms with Crippen molar-refractivity contribution in [3.05, 3.63) is 71.4 Å². The van der Waals surface area contributed by atoms with E-state index in [2.05, 4.69) is 16.3 Å². The van der Waals surface area contributed by atoms with Gasteiger partial charge in [0.15, 0.2) is 5.78 Å². The number of nitrogens with one attached hydrogen (secondary N) is 1. The summed E-state index contributed by atoms with van der Waals surface area (Å²) in [6.45, 7) is 1.04. The molecule has 7 heteroatoms. The van der Waals surface area contributed by atoms with Crippen LogP contribution in [0, 0.1) is 11.3 Å². The quantitative estimate of drug-likeness (QED) is 0.693. The maximum Gasteiger partial charge on any atom is 0.253 e. The smallest absolute Gasteiger partial charge is 0.253 e. The predicted molar refractivity (Wildman–Crippen MR) is 113 cm³/mol. The first kappa shape index (κ1) is 19.1. The lowest BCUT2D eigenvalue weighted by Gasteiger charge is -2.44. The number of aromatic nitrogens is 2. The Bertz CT molecular complexity index is 1200. The lowest BCUT2D eigenvalue weighted by molar-refractivity contribution is -0.00571. The molecule has 2 aliphatic rings. The zero-order chi connectivity index (χ0) is 21.4. The van der Waals surface area contributed by atoms with Crippen LogP contribution in [0.3, 0.4) is 0 Å². The van der Waals surface area contributed by atoms with Gasteiger partial charge in [0.05, 0.1) is 29.3 Å². The Morgan fingerprint density at radius 2 is 2.00 bits per heavy atom. The Hall–Kier alpha value is -3.92. The second-order valence-electron chi connectivity index (χ2n) is 8.05. The standard InChI is InChI=1S/C24H20N4O3/c25-15-16-4-5-22-19(12-16)21(29)14-24(31-22)7-10-28(11-8-24)23(30)18-3-1-2-17(13-18)20-6-9-26-27-20/h1-6,9,12-13H,7-8,10-11,14H2,(H,26,27). The monoisotopic (exact) mass is 412 g/mol. The first-order valence-electron chi connectivity index (χ1n) is 10.2. The Balaban J connectivity index is 1.30. The van der Waals surface area contributed by atoms with Crippen molar-refractivity contribution in [2.75, 3.05) is 13.1 Å². The van der Waals surface area contributed by atoms with Crippen molar-refractivity contribution in [2.24, 2.45) is 0 Å². The van der Waals surface area contributed by atoms with Crippen LogP contribution in [0.25, 0.3) is 11.3 Å². The molecule has 2 aromatic carbocycles. The fourth-order valence-corrected chi connectivity index (χ4v) is 4.38. The van der Waals surface area contributed by atoms with E-state index in [4.69, 9.17) is 10.00 Å². The summed E-state index contributed by atoms with van der Waals surface area (Å²) < 4.78 is 6.25. The molecule has 7 nitrogen and oxygen atoms in total. The number of ether oxygens (including phenoxy) is 1. The largest absolute Gasteiger partial charge is 0.486 e. The lowest BCUT2D eigenvalue weighted by atomic mass is 9.82. The fourth-order valence-electron chi connectivity index (χ4n) is 4.38. The van der Waals surface area contributed by atoms with Crippen molar-refractivity contribution in [1.29, 1.82) is 5.26 Å². The number of aromatic amines is 1. The van der Waals surface area contributed by atoms with Crippen LogP contribution < -0.4 is 4.74 Å². The molecule has 1 fully saturated rings. The van der Waals surface area contributed by atoms with Crippen LogP contribution in [0.1, 0.15) is 45.5 Å². The first-order valence-corrected chi connectivity index (χ1v) is 10.2. The molecular weight excluding hydrogens is 392 g/mol. The van der Waals surface area contributed by atoms with Gasteiger partial charge in [-0.2, -0.15) is 10.4 Å². The molecule has 3 aromatic rings. The number of hydrogen-bond acceptors (Lipinski definition) is 5. The number of amides is 1. The van der Waals surface area contributed by atoms with E-state index in [0.29, 0.717) is 48.4 Å². The minimum atomic E-state index is -0.590. The number of ketones is 1. The van der Waals surface area contributed by atoms with E-state index in [0.717, 1.165) is 11.3 Å². The van der Waals surface area contributed by atoms with E-state index in [-0.39, 0.29) is 18.1 Å². The van der Waals surface area contributed by atoms with Gasteiger partial charge in [-0.25, -0.2) is 0 Å². The van der Waals surface area contributed by atoms with Crippen molar-refractivity contribution in [2.45, 2.75) is 24.9 Å². The second-order valence-corrected chi connectivity index (χ2v) is 8.05. The van der Waals surface area contributed by atoms with Gasteiger partial charge in [0, 0.05) is 43.3 Å². The van der Waals surface area contributed by atoms with Crippen molar-refractivity contribution in [3.63, 3.8) is 0 Å². The van der Waals surface area contributed by atoms with Gasteiger partial charge in [-0.05, 0) is 36.4 Å². The minimum absolute atomic E-state index is 0.00890. The number of carbonyl (C=O) groups excluding carboxylic acids is 2. The first-order chi connectivity index (χ1) is 15.1. The molecule has 0 bridgehead atoms. The molecule has 1 amide bonds. The third kappa shape index (κ3) is 3.46. The third-order valence-corrected chi connectivity index (χ3v) is 6.10. The number of hydrogen-bond donors (Lipinski definition) is 1. The van der Waals surface area contributed by atoms with Crippen LogP contribution in [0.15, 0.2) is 54.7 Å². The van der Waals surface area contributed by atoms with Gasteiger partial charge in [-0.3, -0.25) is 14.7 Å². The number of benzene rings is 2. The zero-order valence-electron chi connectivity index (χ0n) is 16.8. The van der Waals surface area contributed by atoms with Gasteiger partial charge in [0.25, 0.3) is 5.91 Å². The van der Waals surface area contributed by atoms with Crippen molar-refractivity contribution < 1.29 is 14.3 Å². The molecule has 1 spiro atoms. The van der Waals surface area contributed by atoms with Gasteiger partial charge in [-0.1, -0.05) is 12.1 Å². The highest BCUT2D eigenvalue weighted by Gasteiger charge is 2.43.